The zero-order valence-corrected chi connectivity index (χ0v) is 17.5. The van der Waals surface area contributed by atoms with Crippen molar-refractivity contribution >= 4 is 11.6 Å². The van der Waals surface area contributed by atoms with Crippen molar-refractivity contribution in [1.29, 1.82) is 0 Å². The third kappa shape index (κ3) is 5.77. The van der Waals surface area contributed by atoms with Crippen LogP contribution in [0.2, 0.25) is 0 Å². The number of carbonyl (C=O) groups excluding carboxylic acids is 1. The number of nitrogens with one attached hydrogen (secondary N) is 1. The lowest BCUT2D eigenvalue weighted by atomic mass is 10.1. The predicted octanol–water partition coefficient (Wildman–Crippen LogP) is 5.12. The lowest BCUT2D eigenvalue weighted by molar-refractivity contribution is -0.137. The van der Waals surface area contributed by atoms with E-state index in [-0.39, 0.29) is 12.1 Å². The van der Waals surface area contributed by atoms with Crippen molar-refractivity contribution in [3.05, 3.63) is 53.9 Å². The van der Waals surface area contributed by atoms with E-state index >= 15 is 0 Å². The van der Waals surface area contributed by atoms with E-state index in [0.717, 1.165) is 6.07 Å². The number of ether oxygens (including phenoxy) is 2. The molecule has 10 heteroatoms. The van der Waals surface area contributed by atoms with E-state index in [1.54, 1.807) is 18.2 Å². The number of aromatic nitrogens is 2. The summed E-state index contributed by atoms with van der Waals surface area (Å²) in [5, 5.41) is 6.24. The number of nitrogens with zero attached hydrogens (tertiary/aromatic N) is 2. The molecule has 0 aliphatic rings. The molecule has 0 saturated carbocycles. The Morgan fingerprint density at radius 3 is 2.66 bits per heavy atom. The van der Waals surface area contributed by atoms with Gasteiger partial charge in [-0.05, 0) is 43.7 Å². The zero-order valence-electron chi connectivity index (χ0n) is 17.5. The van der Waals surface area contributed by atoms with Crippen LogP contribution in [0.3, 0.4) is 0 Å². The van der Waals surface area contributed by atoms with E-state index in [1.807, 2.05) is 6.92 Å². The van der Waals surface area contributed by atoms with Gasteiger partial charge < -0.3 is 19.3 Å². The fourth-order valence-electron chi connectivity index (χ4n) is 3.01. The predicted molar refractivity (Wildman–Crippen MR) is 110 cm³/mol. The van der Waals surface area contributed by atoms with Crippen LogP contribution in [0.5, 0.6) is 11.5 Å². The van der Waals surface area contributed by atoms with Crippen LogP contribution >= 0.6 is 0 Å². The van der Waals surface area contributed by atoms with Gasteiger partial charge in [0, 0.05) is 18.4 Å². The van der Waals surface area contributed by atoms with Gasteiger partial charge in [0.15, 0.2) is 11.5 Å². The summed E-state index contributed by atoms with van der Waals surface area (Å²) in [6, 6.07) is 10.1. The molecule has 0 aliphatic heterocycles. The lowest BCUT2D eigenvalue weighted by Crippen LogP contribution is -2.16. The number of alkyl halides is 3. The number of hydrogen-bond acceptors (Lipinski definition) is 6. The fraction of sp³-hybridized carbons (Fsp3) is 0.318. The number of methoxy groups -OCH3 is 1. The molecule has 0 atom stereocenters. The number of aryl methyl sites for hydroxylation is 1. The van der Waals surface area contributed by atoms with Crippen LogP contribution < -0.4 is 14.8 Å². The number of carbonyl (C=O) groups is 1. The van der Waals surface area contributed by atoms with Crippen molar-refractivity contribution in [3.8, 4) is 22.9 Å². The SMILES string of the molecule is CCOc1ccc(-c2noc(CCCC(=O)Nc3ccccc3C(F)(F)F)n2)cc1OC. The van der Waals surface area contributed by atoms with E-state index in [4.69, 9.17) is 14.0 Å². The van der Waals surface area contributed by atoms with Gasteiger partial charge >= 0.3 is 6.18 Å². The number of hydrogen-bond donors (Lipinski definition) is 1. The summed E-state index contributed by atoms with van der Waals surface area (Å²) in [6.45, 7) is 2.37. The summed E-state index contributed by atoms with van der Waals surface area (Å²) in [5.41, 5.74) is -0.489. The van der Waals surface area contributed by atoms with E-state index in [1.165, 1.54) is 25.3 Å². The van der Waals surface area contributed by atoms with Gasteiger partial charge in [-0.25, -0.2) is 0 Å². The molecule has 7 nitrogen and oxygen atoms in total. The molecule has 0 spiro atoms. The first-order valence-electron chi connectivity index (χ1n) is 9.91. The van der Waals surface area contributed by atoms with Crippen LogP contribution in [0.4, 0.5) is 18.9 Å². The van der Waals surface area contributed by atoms with Crippen molar-refractivity contribution in [2.45, 2.75) is 32.4 Å². The number of amides is 1. The lowest BCUT2D eigenvalue weighted by Gasteiger charge is -2.13. The van der Waals surface area contributed by atoms with Crippen molar-refractivity contribution in [2.75, 3.05) is 19.0 Å². The Bertz CT molecular complexity index is 1070. The largest absolute Gasteiger partial charge is 0.493 e. The minimum Gasteiger partial charge on any atom is -0.493 e. The maximum absolute atomic E-state index is 13.0. The number of para-hydroxylation sites is 1. The van der Waals surface area contributed by atoms with Crippen LogP contribution in [0.15, 0.2) is 47.0 Å². The van der Waals surface area contributed by atoms with Gasteiger partial charge in [0.1, 0.15) is 0 Å². The molecule has 0 fully saturated rings. The smallest absolute Gasteiger partial charge is 0.418 e. The normalized spacial score (nSPS) is 11.3. The Kier molecular flexibility index (Phi) is 7.34. The number of anilines is 1. The molecule has 0 radical (unpaired) electrons. The van der Waals surface area contributed by atoms with Gasteiger partial charge in [-0.15, -0.1) is 0 Å². The quantitative estimate of drug-likeness (QED) is 0.488. The zero-order chi connectivity index (χ0) is 23.1. The molecule has 1 amide bonds. The minimum atomic E-state index is -4.55. The third-order valence-corrected chi connectivity index (χ3v) is 4.49. The van der Waals surface area contributed by atoms with E-state index in [9.17, 15) is 18.0 Å². The summed E-state index contributed by atoms with van der Waals surface area (Å²) in [6.07, 6.45) is -3.92. The van der Waals surface area contributed by atoms with Crippen molar-refractivity contribution in [1.82, 2.24) is 10.1 Å². The highest BCUT2D eigenvalue weighted by molar-refractivity contribution is 5.91. The molecule has 1 aromatic heterocycles. The second-order valence-corrected chi connectivity index (χ2v) is 6.76. The second-order valence-electron chi connectivity index (χ2n) is 6.76. The molecule has 0 aliphatic carbocycles. The standard InChI is InChI=1S/C22H22F3N3O4/c1-3-31-17-12-11-14(13-18(17)30-2)21-27-20(32-28-21)10-6-9-19(29)26-16-8-5-4-7-15(16)22(23,24)25/h4-5,7-8,11-13H,3,6,9-10H2,1-2H3,(H,26,29). The molecular formula is C22H22F3N3O4. The van der Waals surface area contributed by atoms with Crippen LogP contribution in [0.1, 0.15) is 31.2 Å². The molecule has 2 aromatic carbocycles. The van der Waals surface area contributed by atoms with Gasteiger partial charge in [-0.1, -0.05) is 17.3 Å². The first-order chi connectivity index (χ1) is 15.3. The monoisotopic (exact) mass is 449 g/mol. The molecule has 32 heavy (non-hydrogen) atoms. The van der Waals surface area contributed by atoms with Gasteiger partial charge in [-0.2, -0.15) is 18.2 Å². The van der Waals surface area contributed by atoms with Gasteiger partial charge in [0.05, 0.1) is 25.0 Å². The van der Waals surface area contributed by atoms with Crippen molar-refractivity contribution in [3.63, 3.8) is 0 Å². The molecule has 3 rings (SSSR count). The summed E-state index contributed by atoms with van der Waals surface area (Å²) in [7, 11) is 1.53. The summed E-state index contributed by atoms with van der Waals surface area (Å²) < 4.78 is 55.1. The van der Waals surface area contributed by atoms with E-state index in [0.29, 0.717) is 48.2 Å². The van der Waals surface area contributed by atoms with E-state index < -0.39 is 17.6 Å². The van der Waals surface area contributed by atoms with Gasteiger partial charge in [0.25, 0.3) is 0 Å². The molecular weight excluding hydrogens is 427 g/mol. The van der Waals surface area contributed by atoms with Crippen molar-refractivity contribution in [2.24, 2.45) is 0 Å². The Morgan fingerprint density at radius 1 is 1.16 bits per heavy atom. The molecule has 3 aromatic rings. The molecule has 0 bridgehead atoms. The first-order valence-corrected chi connectivity index (χ1v) is 9.91. The first kappa shape index (κ1) is 23.1. The van der Waals surface area contributed by atoms with Crippen molar-refractivity contribution < 1.29 is 32.0 Å². The molecule has 0 saturated heterocycles. The summed E-state index contributed by atoms with van der Waals surface area (Å²) >= 11 is 0. The Hall–Kier alpha value is -3.56. The Morgan fingerprint density at radius 2 is 1.94 bits per heavy atom. The average molecular weight is 449 g/mol. The summed E-state index contributed by atoms with van der Waals surface area (Å²) in [5.74, 6) is 1.27. The maximum Gasteiger partial charge on any atom is 0.418 e. The highest BCUT2D eigenvalue weighted by Gasteiger charge is 2.33. The van der Waals surface area contributed by atoms with Gasteiger partial charge in [-0.3, -0.25) is 4.79 Å². The van der Waals surface area contributed by atoms with Crippen LogP contribution in [-0.2, 0) is 17.4 Å². The number of halogens is 3. The Balaban J connectivity index is 1.57. The number of benzene rings is 2. The molecule has 0 unspecified atom stereocenters. The van der Waals surface area contributed by atoms with Crippen LogP contribution in [-0.4, -0.2) is 29.8 Å². The second kappa shape index (κ2) is 10.2. The van der Waals surface area contributed by atoms with Crippen LogP contribution in [0, 0.1) is 0 Å². The highest BCUT2D eigenvalue weighted by atomic mass is 19.4. The van der Waals surface area contributed by atoms with Gasteiger partial charge in [0.2, 0.25) is 17.6 Å². The molecule has 1 heterocycles. The third-order valence-electron chi connectivity index (χ3n) is 4.49. The maximum atomic E-state index is 13.0. The van der Waals surface area contributed by atoms with E-state index in [2.05, 4.69) is 15.5 Å². The topological polar surface area (TPSA) is 86.5 Å². The van der Waals surface area contributed by atoms with Crippen LogP contribution in [0.25, 0.3) is 11.4 Å². The molecule has 1 N–H and O–H groups in total. The summed E-state index contributed by atoms with van der Waals surface area (Å²) in [4.78, 5) is 16.4. The number of rotatable bonds is 9. The average Bonchev–Trinajstić information content (AvgIpc) is 3.23. The minimum absolute atomic E-state index is 0.000775. The highest BCUT2D eigenvalue weighted by Crippen LogP contribution is 2.35. The Labute approximate surface area is 182 Å². The fourth-order valence-corrected chi connectivity index (χ4v) is 3.01. The molecule has 170 valence electrons.